The third-order valence-electron chi connectivity index (χ3n) is 3.77. The molecule has 0 unspecified atom stereocenters. The molecule has 2 aromatic rings. The van der Waals surface area contributed by atoms with Crippen LogP contribution in [0.2, 0.25) is 0 Å². The molecule has 0 aliphatic carbocycles. The Hall–Kier alpha value is -2.41. The maximum atomic E-state index is 12.8. The molecule has 22 heavy (non-hydrogen) atoms. The average Bonchev–Trinajstić information content (AvgIpc) is 2.91. The molecule has 7 nitrogen and oxygen atoms in total. The first-order valence-corrected chi connectivity index (χ1v) is 7.14. The van der Waals surface area contributed by atoms with Gasteiger partial charge in [0.2, 0.25) is 0 Å². The molecule has 0 aromatic carbocycles. The van der Waals surface area contributed by atoms with E-state index in [0.717, 1.165) is 0 Å². The van der Waals surface area contributed by atoms with Crippen LogP contribution in [0.1, 0.15) is 28.0 Å². The van der Waals surface area contributed by atoms with Gasteiger partial charge in [0, 0.05) is 25.9 Å². The normalized spacial score (nSPS) is 18.5. The maximum Gasteiger partial charge on any atom is 0.271 e. The van der Waals surface area contributed by atoms with Crippen LogP contribution in [-0.4, -0.2) is 45.1 Å². The van der Waals surface area contributed by atoms with Crippen LogP contribution in [0, 0.1) is 6.92 Å². The molecule has 1 aliphatic rings. The van der Waals surface area contributed by atoms with Crippen LogP contribution in [0.5, 0.6) is 0 Å². The summed E-state index contributed by atoms with van der Waals surface area (Å²) in [6.07, 6.45) is 1.83. The van der Waals surface area contributed by atoms with Crippen molar-refractivity contribution in [2.24, 2.45) is 7.05 Å². The zero-order valence-electron chi connectivity index (χ0n) is 12.6. The lowest BCUT2D eigenvalue weighted by Gasteiger charge is -2.35. The molecule has 1 amide bonds. The predicted octanol–water partition coefficient (Wildman–Crippen LogP) is 0.631. The highest BCUT2D eigenvalue weighted by Crippen LogP contribution is 2.24. The van der Waals surface area contributed by atoms with Gasteiger partial charge < -0.3 is 19.2 Å². The van der Waals surface area contributed by atoms with Crippen molar-refractivity contribution in [2.45, 2.75) is 13.0 Å². The van der Waals surface area contributed by atoms with Gasteiger partial charge in [-0.25, -0.2) is 4.98 Å². The summed E-state index contributed by atoms with van der Waals surface area (Å²) in [6, 6.07) is 4.69. The van der Waals surface area contributed by atoms with Crippen molar-refractivity contribution in [1.29, 1.82) is 0 Å². The summed E-state index contributed by atoms with van der Waals surface area (Å²) in [5.74, 6) is 0.444. The molecule has 3 rings (SSSR count). The summed E-state index contributed by atoms with van der Waals surface area (Å²) in [5.41, 5.74) is 0.941. The molecule has 1 atom stereocenters. The number of amides is 1. The quantitative estimate of drug-likeness (QED) is 0.882. The zero-order chi connectivity index (χ0) is 15.7. The van der Waals surface area contributed by atoms with E-state index in [4.69, 9.17) is 4.74 Å². The lowest BCUT2D eigenvalue weighted by Crippen LogP contribution is -2.44. The zero-order valence-corrected chi connectivity index (χ0v) is 12.6. The number of aromatic amines is 1. The summed E-state index contributed by atoms with van der Waals surface area (Å²) in [5, 5.41) is 0. The second-order valence-corrected chi connectivity index (χ2v) is 5.35. The van der Waals surface area contributed by atoms with Crippen molar-refractivity contribution in [3.63, 3.8) is 0 Å². The van der Waals surface area contributed by atoms with E-state index in [1.54, 1.807) is 22.5 Å². The topological polar surface area (TPSA) is 80.2 Å². The fraction of sp³-hybridized carbons (Fsp3) is 0.400. The Morgan fingerprint density at radius 1 is 1.50 bits per heavy atom. The molecule has 3 heterocycles. The Bertz CT molecular complexity index is 749. The first-order chi connectivity index (χ1) is 10.6. The molecule has 7 heteroatoms. The Balaban J connectivity index is 1.96. The highest BCUT2D eigenvalue weighted by molar-refractivity contribution is 5.93. The molecule has 0 spiro atoms. The van der Waals surface area contributed by atoms with Gasteiger partial charge in [-0.15, -0.1) is 0 Å². The third kappa shape index (κ3) is 2.67. The van der Waals surface area contributed by atoms with Gasteiger partial charge in [0.25, 0.3) is 11.5 Å². The second kappa shape index (κ2) is 5.76. The number of aryl methyl sites for hydroxylation is 2. The average molecular weight is 302 g/mol. The Morgan fingerprint density at radius 3 is 3.00 bits per heavy atom. The smallest absolute Gasteiger partial charge is 0.271 e. The van der Waals surface area contributed by atoms with Crippen LogP contribution < -0.4 is 5.56 Å². The Morgan fingerprint density at radius 2 is 2.32 bits per heavy atom. The number of hydrogen-bond acceptors (Lipinski definition) is 4. The monoisotopic (exact) mass is 302 g/mol. The van der Waals surface area contributed by atoms with Gasteiger partial charge in [-0.2, -0.15) is 0 Å². The summed E-state index contributed by atoms with van der Waals surface area (Å²) in [7, 11) is 1.83. The van der Waals surface area contributed by atoms with Crippen LogP contribution in [-0.2, 0) is 11.8 Å². The molecule has 1 aliphatic heterocycles. The minimum absolute atomic E-state index is 0.0828. The molecule has 1 fully saturated rings. The summed E-state index contributed by atoms with van der Waals surface area (Å²) in [6.45, 7) is 3.01. The van der Waals surface area contributed by atoms with Gasteiger partial charge in [0.1, 0.15) is 11.5 Å². The number of aromatic nitrogens is 3. The van der Waals surface area contributed by atoms with E-state index in [0.29, 0.717) is 37.0 Å². The van der Waals surface area contributed by atoms with Gasteiger partial charge in [-0.3, -0.25) is 9.59 Å². The molecular formula is C15H18N4O3. The van der Waals surface area contributed by atoms with Gasteiger partial charge in [0.05, 0.1) is 24.9 Å². The molecule has 1 N–H and O–H groups in total. The molecule has 2 aromatic heterocycles. The van der Waals surface area contributed by atoms with Crippen molar-refractivity contribution in [2.75, 3.05) is 19.8 Å². The number of carbonyl (C=O) groups is 1. The van der Waals surface area contributed by atoms with Gasteiger partial charge >= 0.3 is 0 Å². The summed E-state index contributed by atoms with van der Waals surface area (Å²) >= 11 is 0. The van der Waals surface area contributed by atoms with Crippen LogP contribution in [0.4, 0.5) is 0 Å². The highest BCUT2D eigenvalue weighted by Gasteiger charge is 2.31. The highest BCUT2D eigenvalue weighted by atomic mass is 16.5. The Labute approximate surface area is 127 Å². The predicted molar refractivity (Wildman–Crippen MR) is 79.6 cm³/mol. The van der Waals surface area contributed by atoms with E-state index in [1.807, 2.05) is 19.3 Å². The van der Waals surface area contributed by atoms with Gasteiger partial charge in [0.15, 0.2) is 0 Å². The molecule has 0 saturated carbocycles. The molecule has 116 valence electrons. The SMILES string of the molecule is Cc1nc([C@@H]2COCCN2C(=O)c2cccn2C)cc(=O)[nH]1. The van der Waals surface area contributed by atoms with Crippen LogP contribution in [0.15, 0.2) is 29.2 Å². The van der Waals surface area contributed by atoms with Gasteiger partial charge in [-0.05, 0) is 19.1 Å². The lowest BCUT2D eigenvalue weighted by molar-refractivity contribution is -0.00450. The molecular weight excluding hydrogens is 284 g/mol. The number of nitrogens with one attached hydrogen (secondary N) is 1. The third-order valence-corrected chi connectivity index (χ3v) is 3.77. The number of rotatable bonds is 2. The van der Waals surface area contributed by atoms with Gasteiger partial charge in [-0.1, -0.05) is 0 Å². The van der Waals surface area contributed by atoms with E-state index in [9.17, 15) is 9.59 Å². The van der Waals surface area contributed by atoms with Crippen molar-refractivity contribution in [1.82, 2.24) is 19.4 Å². The summed E-state index contributed by atoms with van der Waals surface area (Å²) < 4.78 is 7.27. The molecule has 0 bridgehead atoms. The summed E-state index contributed by atoms with van der Waals surface area (Å²) in [4.78, 5) is 33.1. The first kappa shape index (κ1) is 14.5. The second-order valence-electron chi connectivity index (χ2n) is 5.35. The Kier molecular flexibility index (Phi) is 3.81. The van der Waals surface area contributed by atoms with Crippen molar-refractivity contribution in [3.8, 4) is 0 Å². The maximum absolute atomic E-state index is 12.8. The number of carbonyl (C=O) groups excluding carboxylic acids is 1. The molecule has 1 saturated heterocycles. The lowest BCUT2D eigenvalue weighted by atomic mass is 10.1. The van der Waals surface area contributed by atoms with Crippen LogP contribution in [0.25, 0.3) is 0 Å². The van der Waals surface area contributed by atoms with Crippen LogP contribution >= 0.6 is 0 Å². The molecule has 0 radical (unpaired) electrons. The number of nitrogens with zero attached hydrogens (tertiary/aromatic N) is 3. The standard InChI is InChI=1S/C15H18N4O3/c1-10-16-11(8-14(20)17-10)13-9-22-7-6-19(13)15(21)12-4-3-5-18(12)2/h3-5,8,13H,6-7,9H2,1-2H3,(H,16,17,20)/t13-/m0/s1. The van der Waals surface area contributed by atoms with Crippen LogP contribution in [0.3, 0.4) is 0 Å². The van der Waals surface area contributed by atoms with E-state index < -0.39 is 0 Å². The number of ether oxygens (including phenoxy) is 1. The van der Waals surface area contributed by atoms with E-state index in [1.165, 1.54) is 6.07 Å². The number of morpholine rings is 1. The minimum atomic E-state index is -0.350. The largest absolute Gasteiger partial charge is 0.377 e. The van der Waals surface area contributed by atoms with Crippen molar-refractivity contribution in [3.05, 3.63) is 52.0 Å². The fourth-order valence-electron chi connectivity index (χ4n) is 2.70. The van der Waals surface area contributed by atoms with Crippen molar-refractivity contribution < 1.29 is 9.53 Å². The fourth-order valence-corrected chi connectivity index (χ4v) is 2.70. The first-order valence-electron chi connectivity index (χ1n) is 7.14. The van der Waals surface area contributed by atoms with Crippen molar-refractivity contribution >= 4 is 5.91 Å². The van der Waals surface area contributed by atoms with E-state index in [-0.39, 0.29) is 17.5 Å². The number of H-pyrrole nitrogens is 1. The van der Waals surface area contributed by atoms with E-state index >= 15 is 0 Å². The number of hydrogen-bond donors (Lipinski definition) is 1. The van der Waals surface area contributed by atoms with E-state index in [2.05, 4.69) is 9.97 Å². The minimum Gasteiger partial charge on any atom is -0.377 e.